The number of nitrogens with one attached hydrogen (secondary N) is 3. The first-order valence-electron chi connectivity index (χ1n) is 9.16. The van der Waals surface area contributed by atoms with Gasteiger partial charge in [0.15, 0.2) is 0 Å². The number of carbonyl (C=O) groups excluding carboxylic acids is 2. The lowest BCUT2D eigenvalue weighted by atomic mass is 10.1. The molecule has 8 nitrogen and oxygen atoms in total. The zero-order valence-corrected chi connectivity index (χ0v) is 15.6. The average molecular weight is 378 g/mol. The van der Waals surface area contributed by atoms with Crippen LogP contribution >= 0.6 is 0 Å². The SMILES string of the molecule is CCCCC(=O)Nc1ccc(C(=O)NCc2cccc(-c3nn[nH]n3)c2)cc1. The minimum atomic E-state index is -0.186. The van der Waals surface area contributed by atoms with Crippen LogP contribution in [0.1, 0.15) is 42.1 Å². The van der Waals surface area contributed by atoms with Crippen LogP contribution in [0.5, 0.6) is 0 Å². The van der Waals surface area contributed by atoms with Gasteiger partial charge in [-0.3, -0.25) is 9.59 Å². The summed E-state index contributed by atoms with van der Waals surface area (Å²) in [6, 6.07) is 14.4. The van der Waals surface area contributed by atoms with E-state index >= 15 is 0 Å². The van der Waals surface area contributed by atoms with E-state index in [4.69, 9.17) is 0 Å². The monoisotopic (exact) mass is 378 g/mol. The molecule has 2 amide bonds. The van der Waals surface area contributed by atoms with Crippen molar-refractivity contribution in [2.24, 2.45) is 0 Å². The molecule has 3 N–H and O–H groups in total. The van der Waals surface area contributed by atoms with Gasteiger partial charge in [-0.05, 0) is 47.5 Å². The number of aromatic amines is 1. The Morgan fingerprint density at radius 2 is 1.93 bits per heavy atom. The largest absolute Gasteiger partial charge is 0.348 e. The van der Waals surface area contributed by atoms with E-state index in [-0.39, 0.29) is 11.8 Å². The molecule has 0 unspecified atom stereocenters. The van der Waals surface area contributed by atoms with E-state index < -0.39 is 0 Å². The highest BCUT2D eigenvalue weighted by Crippen LogP contribution is 2.15. The van der Waals surface area contributed by atoms with Crippen molar-refractivity contribution >= 4 is 17.5 Å². The Kier molecular flexibility index (Phi) is 6.46. The maximum atomic E-state index is 12.4. The molecule has 0 aliphatic carbocycles. The maximum Gasteiger partial charge on any atom is 0.251 e. The van der Waals surface area contributed by atoms with Crippen LogP contribution in [0.15, 0.2) is 48.5 Å². The number of aromatic nitrogens is 4. The molecular weight excluding hydrogens is 356 g/mol. The number of tetrazole rings is 1. The molecule has 0 saturated heterocycles. The normalized spacial score (nSPS) is 10.5. The van der Waals surface area contributed by atoms with E-state index in [1.54, 1.807) is 24.3 Å². The number of anilines is 1. The number of amides is 2. The van der Waals surface area contributed by atoms with Crippen molar-refractivity contribution in [3.63, 3.8) is 0 Å². The van der Waals surface area contributed by atoms with Gasteiger partial charge in [0, 0.05) is 29.8 Å². The number of H-pyrrole nitrogens is 1. The van der Waals surface area contributed by atoms with Gasteiger partial charge in [-0.15, -0.1) is 10.2 Å². The Morgan fingerprint density at radius 1 is 1.11 bits per heavy atom. The first-order valence-corrected chi connectivity index (χ1v) is 9.16. The van der Waals surface area contributed by atoms with Gasteiger partial charge in [-0.25, -0.2) is 0 Å². The lowest BCUT2D eigenvalue weighted by Crippen LogP contribution is -2.22. The first-order chi connectivity index (χ1) is 13.7. The molecule has 0 fully saturated rings. The van der Waals surface area contributed by atoms with E-state index in [0.717, 1.165) is 24.0 Å². The second-order valence-electron chi connectivity index (χ2n) is 6.35. The fourth-order valence-electron chi connectivity index (χ4n) is 2.65. The molecule has 28 heavy (non-hydrogen) atoms. The highest BCUT2D eigenvalue weighted by atomic mass is 16.2. The predicted molar refractivity (Wildman–Crippen MR) is 105 cm³/mol. The Labute approximate surface area is 162 Å². The molecule has 144 valence electrons. The van der Waals surface area contributed by atoms with Gasteiger partial charge in [0.05, 0.1) is 0 Å². The van der Waals surface area contributed by atoms with Crippen molar-refractivity contribution in [3.05, 3.63) is 59.7 Å². The van der Waals surface area contributed by atoms with Crippen LogP contribution in [0.3, 0.4) is 0 Å². The van der Waals surface area contributed by atoms with Gasteiger partial charge in [-0.1, -0.05) is 31.5 Å². The van der Waals surface area contributed by atoms with Gasteiger partial charge in [0.1, 0.15) is 0 Å². The molecule has 8 heteroatoms. The number of hydrogen-bond donors (Lipinski definition) is 3. The summed E-state index contributed by atoms with van der Waals surface area (Å²) >= 11 is 0. The molecule has 0 atom stereocenters. The van der Waals surface area contributed by atoms with Gasteiger partial charge in [-0.2, -0.15) is 5.21 Å². The van der Waals surface area contributed by atoms with Crippen LogP contribution in [0.2, 0.25) is 0 Å². The standard InChI is InChI=1S/C20H22N6O2/c1-2-3-7-18(27)22-17-10-8-15(9-11-17)20(28)21-13-14-5-4-6-16(12-14)19-23-25-26-24-19/h4-6,8-12H,2-3,7,13H2,1H3,(H,21,28)(H,22,27)(H,23,24,25,26). The second-order valence-corrected chi connectivity index (χ2v) is 6.35. The molecule has 1 heterocycles. The zero-order valence-electron chi connectivity index (χ0n) is 15.6. The maximum absolute atomic E-state index is 12.4. The van der Waals surface area contributed by atoms with Gasteiger partial charge >= 0.3 is 0 Å². The van der Waals surface area contributed by atoms with Gasteiger partial charge < -0.3 is 10.6 Å². The van der Waals surface area contributed by atoms with Crippen LogP contribution in [0.25, 0.3) is 11.4 Å². The van der Waals surface area contributed by atoms with E-state index in [0.29, 0.717) is 30.0 Å². The fraction of sp³-hybridized carbons (Fsp3) is 0.250. The third-order valence-electron chi connectivity index (χ3n) is 4.17. The molecule has 0 radical (unpaired) electrons. The fourth-order valence-corrected chi connectivity index (χ4v) is 2.65. The van der Waals surface area contributed by atoms with E-state index in [9.17, 15) is 9.59 Å². The molecule has 3 aromatic rings. The zero-order chi connectivity index (χ0) is 19.8. The number of hydrogen-bond acceptors (Lipinski definition) is 5. The third-order valence-corrected chi connectivity index (χ3v) is 4.17. The van der Waals surface area contributed by atoms with Crippen molar-refractivity contribution in [3.8, 4) is 11.4 Å². The summed E-state index contributed by atoms with van der Waals surface area (Å²) in [5.74, 6) is 0.305. The summed E-state index contributed by atoms with van der Waals surface area (Å²) in [7, 11) is 0. The molecular formula is C20H22N6O2. The quantitative estimate of drug-likeness (QED) is 0.558. The Bertz CT molecular complexity index is 922. The lowest BCUT2D eigenvalue weighted by Gasteiger charge is -2.08. The molecule has 2 aromatic carbocycles. The van der Waals surface area contributed by atoms with Crippen LogP contribution in [0, 0.1) is 0 Å². The predicted octanol–water partition coefficient (Wildman–Crippen LogP) is 2.93. The summed E-state index contributed by atoms with van der Waals surface area (Å²) in [5, 5.41) is 19.6. The van der Waals surface area contributed by atoms with E-state index in [1.807, 2.05) is 31.2 Å². The molecule has 0 spiro atoms. The number of benzene rings is 2. The molecule has 1 aromatic heterocycles. The Morgan fingerprint density at radius 3 is 2.64 bits per heavy atom. The highest BCUT2D eigenvalue weighted by molar-refractivity contribution is 5.95. The summed E-state index contributed by atoms with van der Waals surface area (Å²) < 4.78 is 0. The van der Waals surface area contributed by atoms with Crippen molar-refractivity contribution in [2.45, 2.75) is 32.7 Å². The van der Waals surface area contributed by atoms with E-state index in [1.165, 1.54) is 0 Å². The van der Waals surface area contributed by atoms with Crippen LogP contribution in [-0.2, 0) is 11.3 Å². The van der Waals surface area contributed by atoms with Crippen LogP contribution in [0.4, 0.5) is 5.69 Å². The van der Waals surface area contributed by atoms with E-state index in [2.05, 4.69) is 31.3 Å². The minimum Gasteiger partial charge on any atom is -0.348 e. The average Bonchev–Trinajstić information content (AvgIpc) is 3.26. The highest BCUT2D eigenvalue weighted by Gasteiger charge is 2.08. The first kappa shape index (κ1) is 19.2. The van der Waals surface area contributed by atoms with Gasteiger partial charge in [0.25, 0.3) is 5.91 Å². The van der Waals surface area contributed by atoms with Crippen LogP contribution < -0.4 is 10.6 Å². The molecule has 0 bridgehead atoms. The van der Waals surface area contributed by atoms with Crippen molar-refractivity contribution in [1.82, 2.24) is 25.9 Å². The molecule has 0 saturated carbocycles. The third kappa shape index (κ3) is 5.23. The summed E-state index contributed by atoms with van der Waals surface area (Å²) in [4.78, 5) is 24.1. The summed E-state index contributed by atoms with van der Waals surface area (Å²) in [5.41, 5.74) is 2.96. The second kappa shape index (κ2) is 9.40. The van der Waals surface area contributed by atoms with Crippen molar-refractivity contribution in [2.75, 3.05) is 5.32 Å². The number of carbonyl (C=O) groups is 2. The van der Waals surface area contributed by atoms with Crippen molar-refractivity contribution in [1.29, 1.82) is 0 Å². The van der Waals surface area contributed by atoms with Gasteiger partial charge in [0.2, 0.25) is 11.7 Å². The minimum absolute atomic E-state index is 0.0134. The number of unbranched alkanes of at least 4 members (excludes halogenated alkanes) is 1. The topological polar surface area (TPSA) is 113 Å². The number of nitrogens with zero attached hydrogens (tertiary/aromatic N) is 3. The Balaban J connectivity index is 1.55. The lowest BCUT2D eigenvalue weighted by molar-refractivity contribution is -0.116. The van der Waals surface area contributed by atoms with Crippen molar-refractivity contribution < 1.29 is 9.59 Å². The Hall–Kier alpha value is -3.55. The molecule has 3 rings (SSSR count). The summed E-state index contributed by atoms with van der Waals surface area (Å²) in [6.07, 6.45) is 2.34. The van der Waals surface area contributed by atoms with Crippen LogP contribution in [-0.4, -0.2) is 32.4 Å². The number of rotatable bonds is 8. The molecule has 0 aliphatic rings. The smallest absolute Gasteiger partial charge is 0.251 e. The molecule has 0 aliphatic heterocycles. The summed E-state index contributed by atoms with van der Waals surface area (Å²) in [6.45, 7) is 2.42.